The van der Waals surface area contributed by atoms with Crippen LogP contribution in [0.1, 0.15) is 30.4 Å². The predicted octanol–water partition coefficient (Wildman–Crippen LogP) is 3.00. The Morgan fingerprint density at radius 2 is 1.96 bits per heavy atom. The van der Waals surface area contributed by atoms with Crippen LogP contribution < -0.4 is 0 Å². The molecule has 24 heavy (non-hydrogen) atoms. The maximum atomic E-state index is 12.8. The van der Waals surface area contributed by atoms with Crippen molar-refractivity contribution in [1.29, 1.82) is 0 Å². The van der Waals surface area contributed by atoms with Crippen molar-refractivity contribution in [3.63, 3.8) is 0 Å². The molecular formula is C17H20F3NO3. The fraction of sp³-hybridized carbons (Fsp3) is 0.588. The highest BCUT2D eigenvalue weighted by molar-refractivity contribution is 5.79. The Morgan fingerprint density at radius 1 is 1.21 bits per heavy atom. The van der Waals surface area contributed by atoms with Crippen LogP contribution in [0.15, 0.2) is 24.3 Å². The van der Waals surface area contributed by atoms with Gasteiger partial charge in [0, 0.05) is 6.54 Å². The highest BCUT2D eigenvalue weighted by atomic mass is 19.4. The number of carbonyl (C=O) groups excluding carboxylic acids is 1. The Bertz CT molecular complexity index is 585. The minimum absolute atomic E-state index is 0.0485. The van der Waals surface area contributed by atoms with Crippen LogP contribution in [0.5, 0.6) is 0 Å². The van der Waals surface area contributed by atoms with Gasteiger partial charge in [0.15, 0.2) is 6.29 Å². The number of rotatable bonds is 3. The van der Waals surface area contributed by atoms with E-state index in [9.17, 15) is 18.0 Å². The molecule has 2 aliphatic heterocycles. The fourth-order valence-electron chi connectivity index (χ4n) is 3.28. The van der Waals surface area contributed by atoms with Gasteiger partial charge >= 0.3 is 6.18 Å². The van der Waals surface area contributed by atoms with Gasteiger partial charge in [-0.1, -0.05) is 18.2 Å². The number of hydrogen-bond acceptors (Lipinski definition) is 3. The molecule has 0 aliphatic carbocycles. The van der Waals surface area contributed by atoms with Crippen LogP contribution in [0, 0.1) is 0 Å². The van der Waals surface area contributed by atoms with E-state index in [0.717, 1.165) is 31.4 Å². The molecule has 0 bridgehead atoms. The summed E-state index contributed by atoms with van der Waals surface area (Å²) in [5.74, 6) is -0.182. The average Bonchev–Trinajstić information content (AvgIpc) is 3.08. The van der Waals surface area contributed by atoms with E-state index in [1.807, 2.05) is 0 Å². The number of carbonyl (C=O) groups is 1. The molecule has 2 aliphatic rings. The van der Waals surface area contributed by atoms with Crippen LogP contribution in [0.4, 0.5) is 13.2 Å². The number of benzene rings is 1. The van der Waals surface area contributed by atoms with Gasteiger partial charge in [0.25, 0.3) is 0 Å². The first-order chi connectivity index (χ1) is 11.4. The summed E-state index contributed by atoms with van der Waals surface area (Å²) in [4.78, 5) is 14.3. The van der Waals surface area contributed by atoms with Crippen molar-refractivity contribution in [2.75, 3.05) is 19.8 Å². The molecule has 0 aromatic heterocycles. The minimum Gasteiger partial charge on any atom is -0.348 e. The lowest BCUT2D eigenvalue weighted by Crippen LogP contribution is -2.50. The first-order valence-corrected chi connectivity index (χ1v) is 8.14. The maximum absolute atomic E-state index is 12.8. The van der Waals surface area contributed by atoms with Gasteiger partial charge in [0.2, 0.25) is 5.91 Å². The third kappa shape index (κ3) is 3.89. The average molecular weight is 343 g/mol. The minimum atomic E-state index is -4.40. The summed E-state index contributed by atoms with van der Waals surface area (Å²) in [5, 5.41) is 0. The second kappa shape index (κ2) is 7.11. The third-order valence-corrected chi connectivity index (χ3v) is 4.44. The molecule has 2 fully saturated rings. The van der Waals surface area contributed by atoms with Crippen molar-refractivity contribution in [2.45, 2.75) is 44.2 Å². The van der Waals surface area contributed by atoms with Gasteiger partial charge in [-0.15, -0.1) is 0 Å². The zero-order valence-corrected chi connectivity index (χ0v) is 13.2. The van der Waals surface area contributed by atoms with Crippen LogP contribution in [0.3, 0.4) is 0 Å². The SMILES string of the molecule is O=C(Cc1cccc(C(F)(F)F)c1)N1CCCC[C@H]1C1OCCO1. The Hall–Kier alpha value is -1.60. The highest BCUT2D eigenvalue weighted by Gasteiger charge is 2.36. The Labute approximate surface area is 138 Å². The topological polar surface area (TPSA) is 38.8 Å². The quantitative estimate of drug-likeness (QED) is 0.847. The lowest BCUT2D eigenvalue weighted by molar-refractivity contribution is -0.150. The second-order valence-electron chi connectivity index (χ2n) is 6.14. The van der Waals surface area contributed by atoms with Crippen LogP contribution in [0.2, 0.25) is 0 Å². The standard InChI is InChI=1S/C17H20F3NO3/c18-17(19,20)13-5-3-4-12(10-13)11-15(22)21-7-2-1-6-14(21)16-23-8-9-24-16/h3-5,10,14,16H,1-2,6-9,11H2/t14-/m0/s1. The lowest BCUT2D eigenvalue weighted by Gasteiger charge is -2.38. The largest absolute Gasteiger partial charge is 0.416 e. The van der Waals surface area contributed by atoms with E-state index >= 15 is 0 Å². The summed E-state index contributed by atoms with van der Waals surface area (Å²) in [5.41, 5.74) is -0.363. The van der Waals surface area contributed by atoms with Gasteiger partial charge in [0.1, 0.15) is 0 Å². The normalized spacial score (nSPS) is 22.8. The van der Waals surface area contributed by atoms with Crippen molar-refractivity contribution in [1.82, 2.24) is 4.90 Å². The molecule has 0 radical (unpaired) electrons. The fourth-order valence-corrected chi connectivity index (χ4v) is 3.28. The van der Waals surface area contributed by atoms with E-state index in [1.165, 1.54) is 6.07 Å². The van der Waals surface area contributed by atoms with Gasteiger partial charge in [0.05, 0.1) is 31.2 Å². The first-order valence-electron chi connectivity index (χ1n) is 8.14. The van der Waals surface area contributed by atoms with E-state index < -0.39 is 18.0 Å². The van der Waals surface area contributed by atoms with Gasteiger partial charge in [-0.3, -0.25) is 4.79 Å². The van der Waals surface area contributed by atoms with Gasteiger partial charge in [-0.25, -0.2) is 0 Å². The van der Waals surface area contributed by atoms with E-state index in [0.29, 0.717) is 25.3 Å². The molecule has 2 heterocycles. The van der Waals surface area contributed by atoms with Crippen LogP contribution in [0.25, 0.3) is 0 Å². The second-order valence-corrected chi connectivity index (χ2v) is 6.14. The molecule has 1 amide bonds. The molecule has 0 spiro atoms. The number of alkyl halides is 3. The number of hydrogen-bond donors (Lipinski definition) is 0. The molecule has 7 heteroatoms. The van der Waals surface area contributed by atoms with Crippen LogP contribution >= 0.6 is 0 Å². The molecule has 1 aromatic carbocycles. The van der Waals surface area contributed by atoms with E-state index in [4.69, 9.17) is 9.47 Å². The summed E-state index contributed by atoms with van der Waals surface area (Å²) in [6.07, 6.45) is -2.21. The van der Waals surface area contributed by atoms with Crippen molar-refractivity contribution >= 4 is 5.91 Å². The molecule has 2 saturated heterocycles. The number of piperidine rings is 1. The number of nitrogens with zero attached hydrogens (tertiary/aromatic N) is 1. The molecule has 0 unspecified atom stereocenters. The zero-order chi connectivity index (χ0) is 17.2. The van der Waals surface area contributed by atoms with E-state index in [2.05, 4.69) is 0 Å². The van der Waals surface area contributed by atoms with E-state index in [-0.39, 0.29) is 18.4 Å². The van der Waals surface area contributed by atoms with Gasteiger partial charge < -0.3 is 14.4 Å². The Balaban J connectivity index is 1.71. The zero-order valence-electron chi connectivity index (χ0n) is 13.2. The monoisotopic (exact) mass is 343 g/mol. The molecular weight excluding hydrogens is 323 g/mol. The van der Waals surface area contributed by atoms with E-state index in [1.54, 1.807) is 11.0 Å². The molecule has 0 saturated carbocycles. The number of amides is 1. The van der Waals surface area contributed by atoms with Crippen LogP contribution in [-0.2, 0) is 26.9 Å². The molecule has 1 atom stereocenters. The number of ether oxygens (including phenoxy) is 2. The molecule has 3 rings (SSSR count). The van der Waals surface area contributed by atoms with Crippen LogP contribution in [-0.4, -0.2) is 42.9 Å². The predicted molar refractivity (Wildman–Crippen MR) is 80.2 cm³/mol. The first kappa shape index (κ1) is 17.2. The van der Waals surface area contributed by atoms with Gasteiger partial charge in [-0.05, 0) is 30.9 Å². The number of likely N-dealkylation sites (tertiary alicyclic amines) is 1. The van der Waals surface area contributed by atoms with Crippen molar-refractivity contribution < 1.29 is 27.4 Å². The Morgan fingerprint density at radius 3 is 2.67 bits per heavy atom. The summed E-state index contributed by atoms with van der Waals surface area (Å²) >= 11 is 0. The molecule has 132 valence electrons. The highest BCUT2D eigenvalue weighted by Crippen LogP contribution is 2.30. The summed E-state index contributed by atoms with van der Waals surface area (Å²) < 4.78 is 49.4. The summed E-state index contributed by atoms with van der Waals surface area (Å²) in [6, 6.07) is 4.79. The summed E-state index contributed by atoms with van der Waals surface area (Å²) in [7, 11) is 0. The van der Waals surface area contributed by atoms with Crippen molar-refractivity contribution in [3.8, 4) is 0 Å². The smallest absolute Gasteiger partial charge is 0.348 e. The summed E-state index contributed by atoms with van der Waals surface area (Å²) in [6.45, 7) is 1.61. The molecule has 0 N–H and O–H groups in total. The molecule has 4 nitrogen and oxygen atoms in total. The van der Waals surface area contributed by atoms with Crippen molar-refractivity contribution in [2.24, 2.45) is 0 Å². The van der Waals surface area contributed by atoms with Crippen molar-refractivity contribution in [3.05, 3.63) is 35.4 Å². The van der Waals surface area contributed by atoms with Gasteiger partial charge in [-0.2, -0.15) is 13.2 Å². The maximum Gasteiger partial charge on any atom is 0.416 e. The number of halogens is 3. The third-order valence-electron chi connectivity index (χ3n) is 4.44. The molecule has 1 aromatic rings. The Kier molecular flexibility index (Phi) is 5.10. The lowest BCUT2D eigenvalue weighted by atomic mass is 9.99.